The van der Waals surface area contributed by atoms with Crippen LogP contribution < -0.4 is 0 Å². The van der Waals surface area contributed by atoms with Gasteiger partial charge in [-0.25, -0.2) is 0 Å². The van der Waals surface area contributed by atoms with Crippen molar-refractivity contribution in [2.24, 2.45) is 0 Å². The molecule has 3 nitrogen and oxygen atoms in total. The van der Waals surface area contributed by atoms with E-state index >= 15 is 0 Å². The Morgan fingerprint density at radius 1 is 1.44 bits per heavy atom. The van der Waals surface area contributed by atoms with Crippen LogP contribution in [0.25, 0.3) is 0 Å². The summed E-state index contributed by atoms with van der Waals surface area (Å²) >= 11 is 0. The van der Waals surface area contributed by atoms with Gasteiger partial charge in [-0.2, -0.15) is 0 Å². The SMILES string of the molecule is Cc1ccc(C(O)C2(C)CCCCO2)cn1. The van der Waals surface area contributed by atoms with Crippen molar-refractivity contribution < 1.29 is 9.84 Å². The standard InChI is InChI=1S/C13H19NO2/c1-10-5-6-11(9-14-10)12(15)13(2)7-3-4-8-16-13/h5-6,9,12,15H,3-4,7-8H2,1-2H3. The molecule has 0 spiro atoms. The summed E-state index contributed by atoms with van der Waals surface area (Å²) in [5.74, 6) is 0. The van der Waals surface area contributed by atoms with Gasteiger partial charge in [0.15, 0.2) is 0 Å². The van der Waals surface area contributed by atoms with Crippen molar-refractivity contribution in [1.82, 2.24) is 4.98 Å². The van der Waals surface area contributed by atoms with Crippen LogP contribution in [-0.2, 0) is 4.74 Å². The molecule has 1 fully saturated rings. The molecule has 0 aromatic carbocycles. The van der Waals surface area contributed by atoms with E-state index in [2.05, 4.69) is 4.98 Å². The third-order valence-corrected chi connectivity index (χ3v) is 3.33. The molecule has 1 saturated heterocycles. The van der Waals surface area contributed by atoms with E-state index in [1.165, 1.54) is 0 Å². The third-order valence-electron chi connectivity index (χ3n) is 3.33. The van der Waals surface area contributed by atoms with Crippen LogP contribution in [0.5, 0.6) is 0 Å². The Labute approximate surface area is 96.5 Å². The number of nitrogens with zero attached hydrogens (tertiary/aromatic N) is 1. The number of aromatic nitrogens is 1. The molecule has 1 aromatic heterocycles. The molecule has 3 heteroatoms. The van der Waals surface area contributed by atoms with Crippen LogP contribution in [0.15, 0.2) is 18.3 Å². The minimum Gasteiger partial charge on any atom is -0.385 e. The van der Waals surface area contributed by atoms with E-state index < -0.39 is 11.7 Å². The number of hydrogen-bond donors (Lipinski definition) is 1. The monoisotopic (exact) mass is 221 g/mol. The smallest absolute Gasteiger partial charge is 0.109 e. The van der Waals surface area contributed by atoms with Crippen molar-refractivity contribution in [3.63, 3.8) is 0 Å². The van der Waals surface area contributed by atoms with Crippen LogP contribution in [-0.4, -0.2) is 22.3 Å². The summed E-state index contributed by atoms with van der Waals surface area (Å²) in [4.78, 5) is 4.21. The lowest BCUT2D eigenvalue weighted by Gasteiger charge is -2.37. The van der Waals surface area contributed by atoms with Crippen LogP contribution in [0, 0.1) is 6.92 Å². The average Bonchev–Trinajstić information content (AvgIpc) is 2.30. The fourth-order valence-corrected chi connectivity index (χ4v) is 2.16. The van der Waals surface area contributed by atoms with Gasteiger partial charge in [-0.1, -0.05) is 6.07 Å². The zero-order valence-electron chi connectivity index (χ0n) is 9.94. The molecule has 0 radical (unpaired) electrons. The second kappa shape index (κ2) is 4.52. The van der Waals surface area contributed by atoms with Crippen molar-refractivity contribution in [1.29, 1.82) is 0 Å². The quantitative estimate of drug-likeness (QED) is 0.833. The maximum Gasteiger partial charge on any atom is 0.109 e. The Kier molecular flexibility index (Phi) is 3.26. The van der Waals surface area contributed by atoms with Crippen LogP contribution >= 0.6 is 0 Å². The molecule has 0 saturated carbocycles. The van der Waals surface area contributed by atoms with Crippen LogP contribution in [0.4, 0.5) is 0 Å². The zero-order valence-corrected chi connectivity index (χ0v) is 9.94. The summed E-state index contributed by atoms with van der Waals surface area (Å²) in [6, 6.07) is 3.85. The first-order valence-corrected chi connectivity index (χ1v) is 5.86. The summed E-state index contributed by atoms with van der Waals surface area (Å²) in [7, 11) is 0. The van der Waals surface area contributed by atoms with Gasteiger partial charge in [0.1, 0.15) is 6.10 Å². The number of hydrogen-bond acceptors (Lipinski definition) is 3. The van der Waals surface area contributed by atoms with Crippen LogP contribution in [0.1, 0.15) is 43.5 Å². The van der Waals surface area contributed by atoms with Crippen molar-refractivity contribution in [3.05, 3.63) is 29.6 Å². The minimum atomic E-state index is -0.583. The Hall–Kier alpha value is -0.930. The van der Waals surface area contributed by atoms with Gasteiger partial charge in [-0.3, -0.25) is 4.98 Å². The molecule has 1 aliphatic heterocycles. The molecule has 0 aliphatic carbocycles. The van der Waals surface area contributed by atoms with Crippen molar-refractivity contribution in [2.45, 2.75) is 44.8 Å². The summed E-state index contributed by atoms with van der Waals surface area (Å²) in [5.41, 5.74) is 1.36. The molecular weight excluding hydrogens is 202 g/mol. The predicted molar refractivity (Wildman–Crippen MR) is 62.1 cm³/mol. The van der Waals surface area contributed by atoms with E-state index in [-0.39, 0.29) is 0 Å². The second-order valence-corrected chi connectivity index (χ2v) is 4.75. The van der Waals surface area contributed by atoms with Crippen molar-refractivity contribution >= 4 is 0 Å². The summed E-state index contributed by atoms with van der Waals surface area (Å²) in [6.07, 6.45) is 4.27. The number of aryl methyl sites for hydroxylation is 1. The van der Waals surface area contributed by atoms with Gasteiger partial charge < -0.3 is 9.84 Å². The van der Waals surface area contributed by atoms with Gasteiger partial charge in [0, 0.05) is 24.1 Å². The molecule has 1 aromatic rings. The van der Waals surface area contributed by atoms with Gasteiger partial charge in [0.25, 0.3) is 0 Å². The maximum absolute atomic E-state index is 10.3. The molecule has 2 rings (SSSR count). The highest BCUT2D eigenvalue weighted by molar-refractivity contribution is 5.18. The van der Waals surface area contributed by atoms with Crippen LogP contribution in [0.2, 0.25) is 0 Å². The Morgan fingerprint density at radius 2 is 2.25 bits per heavy atom. The molecule has 0 amide bonds. The van der Waals surface area contributed by atoms with E-state index in [0.29, 0.717) is 0 Å². The van der Waals surface area contributed by atoms with E-state index in [4.69, 9.17) is 4.74 Å². The normalized spacial score (nSPS) is 27.7. The second-order valence-electron chi connectivity index (χ2n) is 4.75. The lowest BCUT2D eigenvalue weighted by atomic mass is 9.87. The molecule has 2 atom stereocenters. The summed E-state index contributed by atoms with van der Waals surface area (Å²) in [6.45, 7) is 4.67. The number of aliphatic hydroxyl groups excluding tert-OH is 1. The molecule has 16 heavy (non-hydrogen) atoms. The van der Waals surface area contributed by atoms with Crippen molar-refractivity contribution in [2.75, 3.05) is 6.61 Å². The van der Waals surface area contributed by atoms with E-state index in [0.717, 1.165) is 37.1 Å². The summed E-state index contributed by atoms with van der Waals surface area (Å²) < 4.78 is 5.73. The molecule has 1 N–H and O–H groups in total. The van der Waals surface area contributed by atoms with Gasteiger partial charge in [-0.15, -0.1) is 0 Å². The van der Waals surface area contributed by atoms with Crippen LogP contribution in [0.3, 0.4) is 0 Å². The van der Waals surface area contributed by atoms with Gasteiger partial charge in [0.05, 0.1) is 5.60 Å². The largest absolute Gasteiger partial charge is 0.385 e. The minimum absolute atomic E-state index is 0.449. The Balaban J connectivity index is 2.16. The van der Waals surface area contributed by atoms with E-state index in [1.807, 2.05) is 26.0 Å². The molecule has 2 unspecified atom stereocenters. The number of aliphatic hydroxyl groups is 1. The van der Waals surface area contributed by atoms with Crippen molar-refractivity contribution in [3.8, 4) is 0 Å². The first kappa shape index (κ1) is 11.6. The lowest BCUT2D eigenvalue weighted by molar-refractivity contribution is -0.138. The highest BCUT2D eigenvalue weighted by atomic mass is 16.5. The first-order chi connectivity index (χ1) is 7.62. The first-order valence-electron chi connectivity index (χ1n) is 5.86. The lowest BCUT2D eigenvalue weighted by Crippen LogP contribution is -2.39. The molecule has 2 heterocycles. The summed E-state index contributed by atoms with van der Waals surface area (Å²) in [5, 5.41) is 10.3. The topological polar surface area (TPSA) is 42.4 Å². The van der Waals surface area contributed by atoms with Gasteiger partial charge >= 0.3 is 0 Å². The maximum atomic E-state index is 10.3. The third kappa shape index (κ3) is 2.25. The molecule has 88 valence electrons. The predicted octanol–water partition coefficient (Wildman–Crippen LogP) is 2.38. The number of rotatable bonds is 2. The van der Waals surface area contributed by atoms with E-state index in [1.54, 1.807) is 6.20 Å². The number of pyridine rings is 1. The zero-order chi connectivity index (χ0) is 11.6. The number of ether oxygens (including phenoxy) is 1. The highest BCUT2D eigenvalue weighted by Gasteiger charge is 2.36. The fourth-order valence-electron chi connectivity index (χ4n) is 2.16. The van der Waals surface area contributed by atoms with Gasteiger partial charge in [-0.05, 0) is 39.2 Å². The van der Waals surface area contributed by atoms with Gasteiger partial charge in [0.2, 0.25) is 0 Å². The fraction of sp³-hybridized carbons (Fsp3) is 0.615. The molecular formula is C13H19NO2. The Bertz CT molecular complexity index is 341. The molecule has 1 aliphatic rings. The average molecular weight is 221 g/mol. The highest BCUT2D eigenvalue weighted by Crippen LogP contribution is 2.36. The molecule has 0 bridgehead atoms. The Morgan fingerprint density at radius 3 is 2.81 bits per heavy atom. The van der Waals surface area contributed by atoms with E-state index in [9.17, 15) is 5.11 Å².